The second kappa shape index (κ2) is 6.31. The van der Waals surface area contributed by atoms with Crippen LogP contribution in [-0.2, 0) is 11.3 Å². The molecule has 0 aromatic heterocycles. The molecule has 1 amide bonds. The van der Waals surface area contributed by atoms with Crippen molar-refractivity contribution >= 4 is 17.5 Å². The molecule has 0 unspecified atom stereocenters. The lowest BCUT2D eigenvalue weighted by atomic mass is 10.1. The Hall–Kier alpha value is -1.91. The van der Waals surface area contributed by atoms with Crippen LogP contribution in [0.2, 0.25) is 0 Å². The van der Waals surface area contributed by atoms with E-state index in [2.05, 4.69) is 16.0 Å². The minimum Gasteiger partial charge on any atom is -0.444 e. The molecule has 0 fully saturated rings. The lowest BCUT2D eigenvalue weighted by Crippen LogP contribution is -2.32. The van der Waals surface area contributed by atoms with Crippen LogP contribution in [-0.4, -0.2) is 25.8 Å². The van der Waals surface area contributed by atoms with Gasteiger partial charge in [-0.05, 0) is 44.5 Å². The molecule has 0 heterocycles. The summed E-state index contributed by atoms with van der Waals surface area (Å²) in [5.41, 5.74) is 2.50. The highest BCUT2D eigenvalue weighted by molar-refractivity contribution is 5.68. The van der Waals surface area contributed by atoms with Crippen molar-refractivity contribution in [2.45, 2.75) is 32.9 Å². The van der Waals surface area contributed by atoms with Gasteiger partial charge in [0.25, 0.3) is 0 Å². The molecule has 106 valence electrons. The highest BCUT2D eigenvalue weighted by atomic mass is 16.6. The summed E-state index contributed by atoms with van der Waals surface area (Å²) < 4.78 is 5.20. The van der Waals surface area contributed by atoms with Crippen LogP contribution >= 0.6 is 0 Å². The Bertz CT molecular complexity index is 439. The van der Waals surface area contributed by atoms with Gasteiger partial charge < -0.3 is 20.7 Å². The number of amides is 1. The van der Waals surface area contributed by atoms with Crippen LogP contribution in [0.1, 0.15) is 26.3 Å². The molecule has 0 aliphatic carbocycles. The molecule has 0 saturated carbocycles. The molecule has 0 radical (unpaired) electrons. The molecule has 0 saturated heterocycles. The highest BCUT2D eigenvalue weighted by Crippen LogP contribution is 2.20. The minimum absolute atomic E-state index is 0.413. The Morgan fingerprint density at radius 2 is 1.89 bits per heavy atom. The second-order valence-corrected chi connectivity index (χ2v) is 5.23. The van der Waals surface area contributed by atoms with Gasteiger partial charge in [0.2, 0.25) is 0 Å². The van der Waals surface area contributed by atoms with Gasteiger partial charge >= 0.3 is 6.09 Å². The van der Waals surface area contributed by atoms with Crippen LogP contribution in [0, 0.1) is 0 Å². The first-order valence-electron chi connectivity index (χ1n) is 6.31. The average molecular weight is 265 g/mol. The summed E-state index contributed by atoms with van der Waals surface area (Å²) in [5.74, 6) is 0. The number of alkyl carbamates (subject to hydrolysis) is 1. The van der Waals surface area contributed by atoms with Gasteiger partial charge in [0, 0.05) is 32.0 Å². The zero-order chi connectivity index (χ0) is 14.5. The largest absolute Gasteiger partial charge is 0.444 e. The fourth-order valence-electron chi connectivity index (χ4n) is 1.62. The van der Waals surface area contributed by atoms with Crippen molar-refractivity contribution in [3.8, 4) is 0 Å². The number of hydrogen-bond acceptors (Lipinski definition) is 4. The molecule has 1 rings (SSSR count). The molecule has 0 aliphatic rings. The summed E-state index contributed by atoms with van der Waals surface area (Å²) >= 11 is 0. The van der Waals surface area contributed by atoms with Gasteiger partial charge in [0.1, 0.15) is 5.60 Å². The molecule has 0 bridgehead atoms. The highest BCUT2D eigenvalue weighted by Gasteiger charge is 2.16. The maximum absolute atomic E-state index is 11.6. The van der Waals surface area contributed by atoms with Crippen LogP contribution in [0.3, 0.4) is 0 Å². The first-order valence-corrected chi connectivity index (χ1v) is 6.31. The van der Waals surface area contributed by atoms with Gasteiger partial charge in [-0.1, -0.05) is 0 Å². The molecule has 0 aliphatic heterocycles. The van der Waals surface area contributed by atoms with Crippen molar-refractivity contribution in [3.63, 3.8) is 0 Å². The molecular weight excluding hydrogens is 242 g/mol. The van der Waals surface area contributed by atoms with Crippen molar-refractivity contribution in [2.24, 2.45) is 0 Å². The van der Waals surface area contributed by atoms with Crippen LogP contribution in [0.4, 0.5) is 16.2 Å². The van der Waals surface area contributed by atoms with E-state index in [0.29, 0.717) is 6.54 Å². The number of nitrogens with one attached hydrogen (secondary N) is 3. The molecule has 1 aromatic carbocycles. The quantitative estimate of drug-likeness (QED) is 0.783. The van der Waals surface area contributed by atoms with E-state index in [9.17, 15) is 4.79 Å². The van der Waals surface area contributed by atoms with E-state index in [1.54, 1.807) is 0 Å². The van der Waals surface area contributed by atoms with Crippen molar-refractivity contribution in [3.05, 3.63) is 23.8 Å². The fourth-order valence-corrected chi connectivity index (χ4v) is 1.62. The second-order valence-electron chi connectivity index (χ2n) is 5.23. The predicted octanol–water partition coefficient (Wildman–Crippen LogP) is 2.79. The Balaban J connectivity index is 2.68. The Kier molecular flexibility index (Phi) is 5.03. The third kappa shape index (κ3) is 5.07. The topological polar surface area (TPSA) is 62.4 Å². The number of benzene rings is 1. The zero-order valence-corrected chi connectivity index (χ0v) is 12.3. The summed E-state index contributed by atoms with van der Waals surface area (Å²) in [6, 6.07) is 5.93. The van der Waals surface area contributed by atoms with E-state index in [0.717, 1.165) is 16.9 Å². The van der Waals surface area contributed by atoms with Crippen LogP contribution < -0.4 is 16.0 Å². The number of ether oxygens (including phenoxy) is 1. The van der Waals surface area contributed by atoms with Crippen molar-refractivity contribution in [1.29, 1.82) is 0 Å². The molecule has 5 heteroatoms. The SMILES string of the molecule is CNc1ccc(NC)c(CNC(=O)OC(C)(C)C)c1. The predicted molar refractivity (Wildman–Crippen MR) is 78.6 cm³/mol. The molecule has 0 atom stereocenters. The monoisotopic (exact) mass is 265 g/mol. The standard InChI is InChI=1S/C14H23N3O2/c1-14(2,3)19-13(18)17-9-10-8-11(15-4)6-7-12(10)16-5/h6-8,15-16H,9H2,1-5H3,(H,17,18). The normalized spacial score (nSPS) is 10.8. The maximum atomic E-state index is 11.6. The van der Waals surface area contributed by atoms with Gasteiger partial charge in [-0.3, -0.25) is 0 Å². The smallest absolute Gasteiger partial charge is 0.407 e. The van der Waals surface area contributed by atoms with Crippen molar-refractivity contribution in [2.75, 3.05) is 24.7 Å². The van der Waals surface area contributed by atoms with Gasteiger partial charge in [0.15, 0.2) is 0 Å². The van der Waals surface area contributed by atoms with E-state index in [4.69, 9.17) is 4.74 Å². The van der Waals surface area contributed by atoms with Crippen LogP contribution in [0.25, 0.3) is 0 Å². The third-order valence-electron chi connectivity index (χ3n) is 2.49. The Morgan fingerprint density at radius 1 is 1.21 bits per heavy atom. The van der Waals surface area contributed by atoms with Gasteiger partial charge in [-0.2, -0.15) is 0 Å². The molecule has 5 nitrogen and oxygen atoms in total. The van der Waals surface area contributed by atoms with E-state index >= 15 is 0 Å². The third-order valence-corrected chi connectivity index (χ3v) is 2.49. The first kappa shape index (κ1) is 15.1. The lowest BCUT2D eigenvalue weighted by molar-refractivity contribution is 0.0523. The van der Waals surface area contributed by atoms with E-state index in [1.165, 1.54) is 0 Å². The first-order chi connectivity index (χ1) is 8.85. The van der Waals surface area contributed by atoms with E-state index in [1.807, 2.05) is 53.1 Å². The molecule has 19 heavy (non-hydrogen) atoms. The summed E-state index contributed by atoms with van der Waals surface area (Å²) in [6.45, 7) is 5.94. The van der Waals surface area contributed by atoms with Gasteiger partial charge in [0.05, 0.1) is 0 Å². The summed E-state index contributed by atoms with van der Waals surface area (Å²) in [4.78, 5) is 11.6. The Morgan fingerprint density at radius 3 is 2.42 bits per heavy atom. The average Bonchev–Trinajstić information content (AvgIpc) is 2.33. The van der Waals surface area contributed by atoms with E-state index < -0.39 is 11.7 Å². The summed E-state index contributed by atoms with van der Waals surface area (Å²) in [5, 5.41) is 8.92. The lowest BCUT2D eigenvalue weighted by Gasteiger charge is -2.20. The number of hydrogen-bond donors (Lipinski definition) is 3. The van der Waals surface area contributed by atoms with Crippen molar-refractivity contribution < 1.29 is 9.53 Å². The van der Waals surface area contributed by atoms with E-state index in [-0.39, 0.29) is 0 Å². The molecule has 1 aromatic rings. The van der Waals surface area contributed by atoms with Gasteiger partial charge in [-0.25, -0.2) is 4.79 Å². The zero-order valence-electron chi connectivity index (χ0n) is 12.3. The van der Waals surface area contributed by atoms with Gasteiger partial charge in [-0.15, -0.1) is 0 Å². The molecule has 0 spiro atoms. The maximum Gasteiger partial charge on any atom is 0.407 e. The molecule has 3 N–H and O–H groups in total. The Labute approximate surface area is 114 Å². The summed E-state index contributed by atoms with van der Waals surface area (Å²) in [6.07, 6.45) is -0.413. The number of anilines is 2. The minimum atomic E-state index is -0.483. The van der Waals surface area contributed by atoms with Crippen LogP contribution in [0.15, 0.2) is 18.2 Å². The number of carbonyl (C=O) groups excluding carboxylic acids is 1. The number of carbonyl (C=O) groups is 1. The fraction of sp³-hybridized carbons (Fsp3) is 0.500. The number of rotatable bonds is 4. The molecular formula is C14H23N3O2. The van der Waals surface area contributed by atoms with Crippen molar-refractivity contribution in [1.82, 2.24) is 5.32 Å². The van der Waals surface area contributed by atoms with Crippen LogP contribution in [0.5, 0.6) is 0 Å². The summed E-state index contributed by atoms with van der Waals surface area (Å²) in [7, 11) is 3.71.